The quantitative estimate of drug-likeness (QED) is 0.711. The highest BCUT2D eigenvalue weighted by Gasteiger charge is 2.34. The van der Waals surface area contributed by atoms with Gasteiger partial charge in [0.1, 0.15) is 5.75 Å². The van der Waals surface area contributed by atoms with Gasteiger partial charge in [-0.1, -0.05) is 30.3 Å². The zero-order valence-corrected chi connectivity index (χ0v) is 20.2. The third-order valence-electron chi connectivity index (χ3n) is 6.83. The number of ether oxygens (including phenoxy) is 1. The van der Waals surface area contributed by atoms with Gasteiger partial charge in [0.25, 0.3) is 0 Å². The van der Waals surface area contributed by atoms with E-state index in [2.05, 4.69) is 71.4 Å². The monoisotopic (exact) mass is 450 g/mol. The van der Waals surface area contributed by atoms with Crippen LogP contribution in [0.15, 0.2) is 54.6 Å². The second-order valence-corrected chi connectivity index (χ2v) is 9.42. The number of benzene rings is 2. The number of anilines is 1. The molecule has 0 spiro atoms. The lowest BCUT2D eigenvalue weighted by Crippen LogP contribution is -2.62. The van der Waals surface area contributed by atoms with Gasteiger partial charge in [-0.2, -0.15) is 0 Å². The Hall–Kier alpha value is -2.73. The molecular formula is C27H38N4O2. The minimum Gasteiger partial charge on any atom is -0.494 e. The summed E-state index contributed by atoms with van der Waals surface area (Å²) >= 11 is 0. The number of nitrogens with zero attached hydrogens (tertiary/aromatic N) is 3. The van der Waals surface area contributed by atoms with Crippen molar-refractivity contribution in [1.82, 2.24) is 15.1 Å². The summed E-state index contributed by atoms with van der Waals surface area (Å²) in [7, 11) is 0. The van der Waals surface area contributed by atoms with Crippen LogP contribution in [-0.2, 0) is 6.54 Å². The average molecular weight is 451 g/mol. The summed E-state index contributed by atoms with van der Waals surface area (Å²) in [5.74, 6) is 0.898. The van der Waals surface area contributed by atoms with Gasteiger partial charge in [0.2, 0.25) is 0 Å². The second-order valence-electron chi connectivity index (χ2n) is 9.42. The van der Waals surface area contributed by atoms with Crippen LogP contribution in [0.2, 0.25) is 0 Å². The summed E-state index contributed by atoms with van der Waals surface area (Å²) in [4.78, 5) is 20.1. The van der Waals surface area contributed by atoms with Crippen molar-refractivity contribution in [1.29, 1.82) is 0 Å². The molecule has 0 saturated carbocycles. The van der Waals surface area contributed by atoms with E-state index in [1.54, 1.807) is 0 Å². The molecule has 4 rings (SSSR count). The fourth-order valence-electron chi connectivity index (χ4n) is 5.18. The molecule has 1 N–H and O–H groups in total. The maximum absolute atomic E-state index is 13.2. The Morgan fingerprint density at radius 3 is 2.21 bits per heavy atom. The van der Waals surface area contributed by atoms with Crippen LogP contribution >= 0.6 is 0 Å². The molecule has 178 valence electrons. The van der Waals surface area contributed by atoms with Crippen molar-refractivity contribution < 1.29 is 9.53 Å². The van der Waals surface area contributed by atoms with Gasteiger partial charge in [-0.3, -0.25) is 4.90 Å². The van der Waals surface area contributed by atoms with E-state index >= 15 is 0 Å². The Morgan fingerprint density at radius 2 is 1.61 bits per heavy atom. The molecular weight excluding hydrogens is 412 g/mol. The molecule has 2 aliphatic rings. The van der Waals surface area contributed by atoms with E-state index in [0.717, 1.165) is 51.3 Å². The number of piperidine rings is 1. The van der Waals surface area contributed by atoms with Gasteiger partial charge in [-0.15, -0.1) is 0 Å². The minimum atomic E-state index is 0.0860. The number of likely N-dealkylation sites (tertiary alicyclic amines) is 1. The molecule has 2 fully saturated rings. The van der Waals surface area contributed by atoms with E-state index in [0.29, 0.717) is 6.61 Å². The number of urea groups is 1. The van der Waals surface area contributed by atoms with Crippen LogP contribution in [0.3, 0.4) is 0 Å². The fraction of sp³-hybridized carbons (Fsp3) is 0.519. The number of amides is 2. The van der Waals surface area contributed by atoms with Crippen molar-refractivity contribution in [2.24, 2.45) is 0 Å². The van der Waals surface area contributed by atoms with Crippen LogP contribution in [0.1, 0.15) is 39.2 Å². The van der Waals surface area contributed by atoms with Crippen molar-refractivity contribution >= 4 is 11.7 Å². The maximum Gasteiger partial charge on any atom is 0.318 e. The minimum absolute atomic E-state index is 0.0860. The number of carbonyl (C=O) groups excluding carboxylic acids is 1. The summed E-state index contributed by atoms with van der Waals surface area (Å²) in [5.41, 5.74) is 2.54. The molecule has 33 heavy (non-hydrogen) atoms. The lowest BCUT2D eigenvalue weighted by atomic mass is 10.0. The molecule has 2 aromatic carbocycles. The van der Waals surface area contributed by atoms with E-state index in [9.17, 15) is 4.79 Å². The average Bonchev–Trinajstić information content (AvgIpc) is 2.81. The van der Waals surface area contributed by atoms with E-state index in [-0.39, 0.29) is 24.2 Å². The largest absolute Gasteiger partial charge is 0.494 e. The molecule has 2 atom stereocenters. The predicted molar refractivity (Wildman–Crippen MR) is 134 cm³/mol. The Labute approximate surface area is 198 Å². The summed E-state index contributed by atoms with van der Waals surface area (Å²) in [6.45, 7) is 11.7. The standard InChI is InChI=1S/C27H38N4O2/c1-4-33-26-12-10-25(11-13-26)30-18-21(2)31(22(3)19-30)27(32)28-24-14-16-29(17-15-24)20-23-8-6-5-7-9-23/h5-13,21-22,24H,4,14-20H2,1-3H3,(H,28,32)/t21-,22+. The number of carbonyl (C=O) groups is 1. The predicted octanol–water partition coefficient (Wildman–Crippen LogP) is 4.36. The highest BCUT2D eigenvalue weighted by atomic mass is 16.5. The Morgan fingerprint density at radius 1 is 0.970 bits per heavy atom. The Kier molecular flexibility index (Phi) is 7.76. The first-order valence-electron chi connectivity index (χ1n) is 12.4. The van der Waals surface area contributed by atoms with Crippen LogP contribution in [0.5, 0.6) is 5.75 Å². The molecule has 0 bridgehead atoms. The van der Waals surface area contributed by atoms with Crippen molar-refractivity contribution in [3.05, 3.63) is 60.2 Å². The van der Waals surface area contributed by atoms with Gasteiger partial charge < -0.3 is 19.9 Å². The first kappa shape index (κ1) is 23.4. The summed E-state index contributed by atoms with van der Waals surface area (Å²) in [6.07, 6.45) is 2.01. The number of hydrogen-bond donors (Lipinski definition) is 1. The third kappa shape index (κ3) is 5.99. The van der Waals surface area contributed by atoms with E-state index in [4.69, 9.17) is 4.74 Å². The number of rotatable bonds is 6. The molecule has 6 nitrogen and oxygen atoms in total. The Balaban J connectivity index is 1.26. The number of hydrogen-bond acceptors (Lipinski definition) is 4. The van der Waals surface area contributed by atoms with Gasteiger partial charge in [-0.25, -0.2) is 4.79 Å². The van der Waals surface area contributed by atoms with Crippen molar-refractivity contribution in [2.45, 2.75) is 58.3 Å². The number of nitrogens with one attached hydrogen (secondary N) is 1. The van der Waals surface area contributed by atoms with Crippen LogP contribution in [0.25, 0.3) is 0 Å². The normalized spacial score (nSPS) is 22.3. The molecule has 2 saturated heterocycles. The zero-order chi connectivity index (χ0) is 23.2. The van der Waals surface area contributed by atoms with Crippen LogP contribution < -0.4 is 15.0 Å². The van der Waals surface area contributed by atoms with Crippen molar-refractivity contribution in [3.63, 3.8) is 0 Å². The molecule has 0 radical (unpaired) electrons. The van der Waals surface area contributed by atoms with Gasteiger partial charge in [0, 0.05) is 56.5 Å². The van der Waals surface area contributed by atoms with Crippen molar-refractivity contribution in [2.75, 3.05) is 37.7 Å². The van der Waals surface area contributed by atoms with Crippen LogP contribution in [-0.4, -0.2) is 66.7 Å². The lowest BCUT2D eigenvalue weighted by molar-refractivity contribution is 0.130. The van der Waals surface area contributed by atoms with E-state index in [1.807, 2.05) is 24.0 Å². The molecule has 2 aromatic rings. The molecule has 6 heteroatoms. The summed E-state index contributed by atoms with van der Waals surface area (Å²) in [5, 5.41) is 3.34. The van der Waals surface area contributed by atoms with Crippen molar-refractivity contribution in [3.8, 4) is 5.75 Å². The molecule has 2 aliphatic heterocycles. The van der Waals surface area contributed by atoms with E-state index in [1.165, 1.54) is 11.3 Å². The van der Waals surface area contributed by atoms with Gasteiger partial charge in [0.05, 0.1) is 6.61 Å². The Bertz CT molecular complexity index is 869. The van der Waals surface area contributed by atoms with Crippen LogP contribution in [0.4, 0.5) is 10.5 Å². The SMILES string of the molecule is CCOc1ccc(N2C[C@@H](C)N(C(=O)NC3CCN(Cc4ccccc4)CC3)[C@@H](C)C2)cc1. The topological polar surface area (TPSA) is 48.1 Å². The van der Waals surface area contributed by atoms with Gasteiger partial charge in [-0.05, 0) is 63.4 Å². The first-order chi connectivity index (χ1) is 16.0. The summed E-state index contributed by atoms with van der Waals surface area (Å²) in [6, 6.07) is 19.5. The van der Waals surface area contributed by atoms with E-state index < -0.39 is 0 Å². The first-order valence-corrected chi connectivity index (χ1v) is 12.4. The molecule has 2 amide bonds. The molecule has 0 aromatic heterocycles. The highest BCUT2D eigenvalue weighted by molar-refractivity contribution is 5.76. The molecule has 2 heterocycles. The fourth-order valence-corrected chi connectivity index (χ4v) is 5.18. The number of piperazine rings is 1. The maximum atomic E-state index is 13.2. The zero-order valence-electron chi connectivity index (χ0n) is 20.2. The smallest absolute Gasteiger partial charge is 0.318 e. The highest BCUT2D eigenvalue weighted by Crippen LogP contribution is 2.25. The van der Waals surface area contributed by atoms with Gasteiger partial charge in [0.15, 0.2) is 0 Å². The molecule has 0 aliphatic carbocycles. The summed E-state index contributed by atoms with van der Waals surface area (Å²) < 4.78 is 5.56. The molecule has 0 unspecified atom stereocenters. The third-order valence-corrected chi connectivity index (χ3v) is 6.83. The van der Waals surface area contributed by atoms with Crippen LogP contribution in [0, 0.1) is 0 Å². The lowest BCUT2D eigenvalue weighted by Gasteiger charge is -2.46. The second kappa shape index (κ2) is 10.9. The van der Waals surface area contributed by atoms with Gasteiger partial charge >= 0.3 is 6.03 Å².